The van der Waals surface area contributed by atoms with Crippen molar-refractivity contribution in [2.24, 2.45) is 0 Å². The summed E-state index contributed by atoms with van der Waals surface area (Å²) in [6.07, 6.45) is 3.32. The Labute approximate surface area is 162 Å². The van der Waals surface area contributed by atoms with Crippen LogP contribution in [0.3, 0.4) is 0 Å². The topological polar surface area (TPSA) is 93.2 Å². The Bertz CT molecular complexity index is 961. The van der Waals surface area contributed by atoms with Crippen molar-refractivity contribution in [1.82, 2.24) is 15.3 Å². The number of nitrogens with one attached hydrogen (secondary N) is 2. The van der Waals surface area contributed by atoms with E-state index in [1.165, 1.54) is 0 Å². The van der Waals surface area contributed by atoms with Gasteiger partial charge in [0.25, 0.3) is 11.8 Å². The zero-order valence-corrected chi connectivity index (χ0v) is 15.4. The molecule has 0 aliphatic carbocycles. The van der Waals surface area contributed by atoms with Crippen LogP contribution in [0.2, 0.25) is 0 Å². The number of anilines is 1. The average molecular weight is 376 g/mol. The number of para-hydroxylation sites is 2. The van der Waals surface area contributed by atoms with Crippen LogP contribution in [0.4, 0.5) is 5.69 Å². The van der Waals surface area contributed by atoms with E-state index in [9.17, 15) is 9.59 Å². The highest BCUT2D eigenvalue weighted by atomic mass is 16.5. The average Bonchev–Trinajstić information content (AvgIpc) is 2.74. The van der Waals surface area contributed by atoms with Gasteiger partial charge in [-0.25, -0.2) is 4.98 Å². The molecule has 2 N–H and O–H groups in total. The van der Waals surface area contributed by atoms with Crippen molar-refractivity contribution >= 4 is 17.5 Å². The van der Waals surface area contributed by atoms with E-state index in [2.05, 4.69) is 20.6 Å². The predicted octanol–water partition coefficient (Wildman–Crippen LogP) is 3.06. The van der Waals surface area contributed by atoms with E-state index >= 15 is 0 Å². The molecule has 0 radical (unpaired) electrons. The first-order chi connectivity index (χ1) is 13.7. The number of aromatic nitrogens is 2. The molecular weight excluding hydrogens is 356 g/mol. The van der Waals surface area contributed by atoms with Crippen LogP contribution in [0, 0.1) is 0 Å². The predicted molar refractivity (Wildman–Crippen MR) is 105 cm³/mol. The number of nitrogens with zero attached hydrogens (tertiary/aromatic N) is 2. The number of carbonyl (C=O) groups excluding carboxylic acids is 2. The highest BCUT2D eigenvalue weighted by Crippen LogP contribution is 2.24. The number of ether oxygens (including phenoxy) is 1. The minimum absolute atomic E-state index is 0.142. The Balaban J connectivity index is 1.68. The van der Waals surface area contributed by atoms with Crippen LogP contribution >= 0.6 is 0 Å². The molecule has 0 unspecified atom stereocenters. The SMILES string of the molecule is CCOc1ccccc1NC(=O)c1cccc(C(=O)NCc2ccncc2)n1. The van der Waals surface area contributed by atoms with E-state index < -0.39 is 5.91 Å². The molecule has 0 atom stereocenters. The van der Waals surface area contributed by atoms with Gasteiger partial charge >= 0.3 is 0 Å². The van der Waals surface area contributed by atoms with Crippen molar-refractivity contribution in [2.45, 2.75) is 13.5 Å². The number of benzene rings is 1. The van der Waals surface area contributed by atoms with Gasteiger partial charge in [0.05, 0.1) is 12.3 Å². The molecule has 28 heavy (non-hydrogen) atoms. The molecule has 1 aromatic carbocycles. The number of pyridine rings is 2. The van der Waals surface area contributed by atoms with Crippen LogP contribution in [0.5, 0.6) is 5.75 Å². The van der Waals surface area contributed by atoms with E-state index in [1.807, 2.05) is 25.1 Å². The summed E-state index contributed by atoms with van der Waals surface area (Å²) in [5.41, 5.74) is 1.77. The molecule has 142 valence electrons. The molecule has 0 aliphatic rings. The van der Waals surface area contributed by atoms with Gasteiger partial charge in [0.15, 0.2) is 0 Å². The zero-order chi connectivity index (χ0) is 19.8. The van der Waals surface area contributed by atoms with Gasteiger partial charge in [-0.15, -0.1) is 0 Å². The first-order valence-electron chi connectivity index (χ1n) is 8.84. The molecule has 3 rings (SSSR count). The van der Waals surface area contributed by atoms with Crippen molar-refractivity contribution in [3.63, 3.8) is 0 Å². The molecule has 0 spiro atoms. The highest BCUT2D eigenvalue weighted by molar-refractivity contribution is 6.04. The molecule has 0 bridgehead atoms. The number of carbonyl (C=O) groups is 2. The molecule has 0 saturated heterocycles. The van der Waals surface area contributed by atoms with Crippen molar-refractivity contribution in [1.29, 1.82) is 0 Å². The molecule has 2 heterocycles. The van der Waals surface area contributed by atoms with Crippen LogP contribution in [0.25, 0.3) is 0 Å². The van der Waals surface area contributed by atoms with E-state index in [4.69, 9.17) is 4.74 Å². The number of hydrogen-bond acceptors (Lipinski definition) is 5. The van der Waals surface area contributed by atoms with Gasteiger partial charge in [0.1, 0.15) is 17.1 Å². The molecule has 7 nitrogen and oxygen atoms in total. The van der Waals surface area contributed by atoms with Gasteiger partial charge in [0.2, 0.25) is 0 Å². The van der Waals surface area contributed by atoms with Crippen molar-refractivity contribution in [3.8, 4) is 5.75 Å². The maximum atomic E-state index is 12.6. The Hall–Kier alpha value is -3.74. The summed E-state index contributed by atoms with van der Waals surface area (Å²) in [5.74, 6) is -0.207. The third kappa shape index (κ3) is 4.91. The molecule has 0 aliphatic heterocycles. The maximum absolute atomic E-state index is 12.6. The summed E-state index contributed by atoms with van der Waals surface area (Å²) in [6.45, 7) is 2.70. The maximum Gasteiger partial charge on any atom is 0.274 e. The number of rotatable bonds is 7. The summed E-state index contributed by atoms with van der Waals surface area (Å²) in [6, 6.07) is 15.5. The molecule has 3 aromatic rings. The van der Waals surface area contributed by atoms with Gasteiger partial charge in [-0.3, -0.25) is 14.6 Å². The van der Waals surface area contributed by atoms with E-state index in [-0.39, 0.29) is 17.3 Å². The van der Waals surface area contributed by atoms with Crippen LogP contribution < -0.4 is 15.4 Å². The largest absolute Gasteiger partial charge is 0.492 e. The molecular formula is C21H20N4O3. The first-order valence-corrected chi connectivity index (χ1v) is 8.84. The molecule has 0 saturated carbocycles. The van der Waals surface area contributed by atoms with Crippen molar-refractivity contribution in [2.75, 3.05) is 11.9 Å². The lowest BCUT2D eigenvalue weighted by molar-refractivity contribution is 0.0945. The summed E-state index contributed by atoms with van der Waals surface area (Å²) in [5, 5.41) is 5.55. The van der Waals surface area contributed by atoms with Gasteiger partial charge < -0.3 is 15.4 Å². The summed E-state index contributed by atoms with van der Waals surface area (Å²) < 4.78 is 5.51. The second-order valence-corrected chi connectivity index (χ2v) is 5.83. The lowest BCUT2D eigenvalue weighted by atomic mass is 10.2. The van der Waals surface area contributed by atoms with Crippen LogP contribution in [0.15, 0.2) is 67.0 Å². The fourth-order valence-corrected chi connectivity index (χ4v) is 2.50. The second kappa shape index (κ2) is 9.27. The smallest absolute Gasteiger partial charge is 0.274 e. The van der Waals surface area contributed by atoms with Crippen LogP contribution in [0.1, 0.15) is 33.5 Å². The molecule has 7 heteroatoms. The van der Waals surface area contributed by atoms with E-state index in [0.29, 0.717) is 24.6 Å². The first kappa shape index (κ1) is 19.0. The minimum atomic E-state index is -0.420. The van der Waals surface area contributed by atoms with Crippen molar-refractivity contribution < 1.29 is 14.3 Å². The van der Waals surface area contributed by atoms with E-state index in [0.717, 1.165) is 5.56 Å². The van der Waals surface area contributed by atoms with Gasteiger partial charge in [-0.2, -0.15) is 0 Å². The third-order valence-electron chi connectivity index (χ3n) is 3.85. The zero-order valence-electron chi connectivity index (χ0n) is 15.4. The Kier molecular flexibility index (Phi) is 6.30. The van der Waals surface area contributed by atoms with Crippen LogP contribution in [-0.2, 0) is 6.54 Å². The minimum Gasteiger partial charge on any atom is -0.492 e. The number of hydrogen-bond donors (Lipinski definition) is 2. The lowest BCUT2D eigenvalue weighted by Gasteiger charge is -2.11. The molecule has 2 amide bonds. The lowest BCUT2D eigenvalue weighted by Crippen LogP contribution is -2.25. The molecule has 2 aromatic heterocycles. The fourth-order valence-electron chi connectivity index (χ4n) is 2.50. The van der Waals surface area contributed by atoms with Crippen LogP contribution in [-0.4, -0.2) is 28.4 Å². The Morgan fingerprint density at radius 2 is 1.64 bits per heavy atom. The summed E-state index contributed by atoms with van der Waals surface area (Å²) in [7, 11) is 0. The third-order valence-corrected chi connectivity index (χ3v) is 3.85. The monoisotopic (exact) mass is 376 g/mol. The van der Waals surface area contributed by atoms with E-state index in [1.54, 1.807) is 48.8 Å². The van der Waals surface area contributed by atoms with Gasteiger partial charge in [-0.05, 0) is 48.9 Å². The second-order valence-electron chi connectivity index (χ2n) is 5.83. The van der Waals surface area contributed by atoms with Gasteiger partial charge in [-0.1, -0.05) is 18.2 Å². The normalized spacial score (nSPS) is 10.2. The fraction of sp³-hybridized carbons (Fsp3) is 0.143. The number of amides is 2. The van der Waals surface area contributed by atoms with Crippen molar-refractivity contribution in [3.05, 3.63) is 83.9 Å². The molecule has 0 fully saturated rings. The highest BCUT2D eigenvalue weighted by Gasteiger charge is 2.14. The quantitative estimate of drug-likeness (QED) is 0.661. The summed E-state index contributed by atoms with van der Waals surface area (Å²) >= 11 is 0. The summed E-state index contributed by atoms with van der Waals surface area (Å²) in [4.78, 5) is 33.0. The Morgan fingerprint density at radius 1 is 0.929 bits per heavy atom. The van der Waals surface area contributed by atoms with Gasteiger partial charge in [0, 0.05) is 18.9 Å². The Morgan fingerprint density at radius 3 is 2.39 bits per heavy atom. The standard InChI is InChI=1S/C21H20N4O3/c1-2-28-19-9-4-3-6-16(19)25-21(27)18-8-5-7-17(24-18)20(26)23-14-15-10-12-22-13-11-15/h3-13H,2,14H2,1H3,(H,23,26)(H,25,27).